The molecule has 0 aliphatic heterocycles. The van der Waals surface area contributed by atoms with Crippen molar-refractivity contribution in [2.75, 3.05) is 7.05 Å². The molecule has 0 N–H and O–H groups in total. The lowest BCUT2D eigenvalue weighted by Crippen LogP contribution is -2.23. The molecule has 1 atom stereocenters. The quantitative estimate of drug-likeness (QED) is 0.550. The summed E-state index contributed by atoms with van der Waals surface area (Å²) in [4.78, 5) is 11.4. The van der Waals surface area contributed by atoms with Crippen LogP contribution >= 0.6 is 0 Å². The molecule has 0 fully saturated rings. The predicted molar refractivity (Wildman–Crippen MR) is 103 cm³/mol. The van der Waals surface area contributed by atoms with Crippen LogP contribution in [0.4, 0.5) is 0 Å². The van der Waals surface area contributed by atoms with Gasteiger partial charge >= 0.3 is 0 Å². The van der Waals surface area contributed by atoms with E-state index in [2.05, 4.69) is 58.3 Å². The van der Waals surface area contributed by atoms with Crippen LogP contribution in [0, 0.1) is 0 Å². The molecule has 3 aromatic heterocycles. The molecule has 0 bridgehead atoms. The van der Waals surface area contributed by atoms with E-state index in [-0.39, 0.29) is 6.04 Å². The summed E-state index contributed by atoms with van der Waals surface area (Å²) in [7, 11) is 2.10. The van der Waals surface area contributed by atoms with Crippen LogP contribution in [0.1, 0.15) is 24.2 Å². The Morgan fingerprint density at radius 1 is 1.00 bits per heavy atom. The Morgan fingerprint density at radius 2 is 1.81 bits per heavy atom. The average Bonchev–Trinajstić information content (AvgIpc) is 3.12. The molecule has 4 aromatic rings. The third-order valence-corrected chi connectivity index (χ3v) is 4.70. The molecule has 5 heteroatoms. The van der Waals surface area contributed by atoms with Crippen LogP contribution < -0.4 is 0 Å². The molecular weight excluding hydrogens is 322 g/mol. The first-order chi connectivity index (χ1) is 12.7. The van der Waals surface area contributed by atoms with Crippen molar-refractivity contribution in [2.24, 2.45) is 0 Å². The normalized spacial score (nSPS) is 12.6. The van der Waals surface area contributed by atoms with Gasteiger partial charge in [-0.1, -0.05) is 36.4 Å². The second-order valence-electron chi connectivity index (χ2n) is 6.50. The summed E-state index contributed by atoms with van der Waals surface area (Å²) in [6.07, 6.45) is 7.70. The summed E-state index contributed by atoms with van der Waals surface area (Å²) in [6, 6.07) is 16.5. The lowest BCUT2D eigenvalue weighted by Gasteiger charge is -2.24. The van der Waals surface area contributed by atoms with E-state index in [9.17, 15) is 0 Å². The first-order valence-electron chi connectivity index (χ1n) is 8.71. The van der Waals surface area contributed by atoms with Gasteiger partial charge in [0.25, 0.3) is 0 Å². The molecule has 0 spiro atoms. The zero-order chi connectivity index (χ0) is 17.9. The maximum Gasteiger partial charge on any atom is 0.162 e. The Kier molecular flexibility index (Phi) is 4.46. The van der Waals surface area contributed by atoms with Gasteiger partial charge in [0, 0.05) is 42.3 Å². The van der Waals surface area contributed by atoms with Gasteiger partial charge in [0.15, 0.2) is 5.65 Å². The van der Waals surface area contributed by atoms with Gasteiger partial charge in [-0.2, -0.15) is 5.10 Å². The summed E-state index contributed by atoms with van der Waals surface area (Å²) in [5.41, 5.74) is 5.23. The fourth-order valence-corrected chi connectivity index (χ4v) is 3.09. The smallest absolute Gasteiger partial charge is 0.162 e. The number of fused-ring (bicyclic) bond motifs is 1. The lowest BCUT2D eigenvalue weighted by atomic mass is 10.1. The number of hydrogen-bond acceptors (Lipinski definition) is 4. The second kappa shape index (κ2) is 7.06. The molecule has 0 unspecified atom stereocenters. The van der Waals surface area contributed by atoms with Crippen molar-refractivity contribution in [1.82, 2.24) is 24.5 Å². The Morgan fingerprint density at radius 3 is 2.58 bits per heavy atom. The molecule has 130 valence electrons. The van der Waals surface area contributed by atoms with Crippen LogP contribution in [0.5, 0.6) is 0 Å². The van der Waals surface area contributed by atoms with Gasteiger partial charge in [0.05, 0.1) is 11.9 Å². The Bertz CT molecular complexity index is 995. The zero-order valence-corrected chi connectivity index (χ0v) is 14.9. The lowest BCUT2D eigenvalue weighted by molar-refractivity contribution is 0.248. The van der Waals surface area contributed by atoms with E-state index in [0.717, 1.165) is 34.6 Å². The Hall–Kier alpha value is -3.05. The van der Waals surface area contributed by atoms with Crippen LogP contribution in [0.25, 0.3) is 16.8 Å². The molecule has 3 heterocycles. The molecule has 0 saturated heterocycles. The van der Waals surface area contributed by atoms with E-state index in [1.807, 2.05) is 53.4 Å². The summed E-state index contributed by atoms with van der Waals surface area (Å²) in [6.45, 7) is 2.94. The van der Waals surface area contributed by atoms with Crippen molar-refractivity contribution in [3.63, 3.8) is 0 Å². The number of hydrogen-bond donors (Lipinski definition) is 0. The predicted octanol–water partition coefficient (Wildman–Crippen LogP) is 3.98. The number of aromatic nitrogens is 4. The van der Waals surface area contributed by atoms with Crippen molar-refractivity contribution in [2.45, 2.75) is 19.5 Å². The van der Waals surface area contributed by atoms with Crippen molar-refractivity contribution in [3.8, 4) is 11.1 Å². The fraction of sp³-hybridized carbons (Fsp3) is 0.190. The molecular formula is C21H21N5. The molecule has 0 saturated carbocycles. The average molecular weight is 343 g/mol. The van der Waals surface area contributed by atoms with Gasteiger partial charge in [-0.15, -0.1) is 0 Å². The second-order valence-corrected chi connectivity index (χ2v) is 6.50. The largest absolute Gasteiger partial charge is 0.294 e. The highest BCUT2D eigenvalue weighted by Crippen LogP contribution is 2.23. The van der Waals surface area contributed by atoms with Crippen molar-refractivity contribution >= 4 is 5.65 Å². The van der Waals surface area contributed by atoms with Crippen molar-refractivity contribution in [1.29, 1.82) is 0 Å². The third kappa shape index (κ3) is 3.21. The van der Waals surface area contributed by atoms with E-state index in [0.29, 0.717) is 0 Å². The van der Waals surface area contributed by atoms with Crippen LogP contribution in [-0.2, 0) is 6.54 Å². The van der Waals surface area contributed by atoms with E-state index in [4.69, 9.17) is 0 Å². The maximum absolute atomic E-state index is 4.66. The van der Waals surface area contributed by atoms with Gasteiger partial charge < -0.3 is 0 Å². The van der Waals surface area contributed by atoms with Crippen LogP contribution in [0.2, 0.25) is 0 Å². The minimum atomic E-state index is 0.226. The molecule has 4 rings (SSSR count). The van der Waals surface area contributed by atoms with Crippen molar-refractivity contribution in [3.05, 3.63) is 84.6 Å². The minimum Gasteiger partial charge on any atom is -0.294 e. The van der Waals surface area contributed by atoms with Gasteiger partial charge in [0.2, 0.25) is 0 Å². The van der Waals surface area contributed by atoms with Gasteiger partial charge in [-0.3, -0.25) is 9.88 Å². The fourth-order valence-electron chi connectivity index (χ4n) is 3.09. The number of nitrogens with zero attached hydrogens (tertiary/aromatic N) is 5. The standard InChI is InChI=1S/C21H21N5/c1-16(20-10-6-7-11-22-20)25(2)14-17-12-23-21-19(13-24-26(21)15-17)18-8-4-3-5-9-18/h3-13,15-16H,14H2,1-2H3/t16-/m0/s1. The van der Waals surface area contributed by atoms with Crippen LogP contribution in [0.15, 0.2) is 73.3 Å². The first-order valence-corrected chi connectivity index (χ1v) is 8.71. The summed E-state index contributed by atoms with van der Waals surface area (Å²) in [5, 5.41) is 4.49. The summed E-state index contributed by atoms with van der Waals surface area (Å²) in [5.74, 6) is 0. The number of rotatable bonds is 5. The number of pyridine rings is 1. The maximum atomic E-state index is 4.66. The SMILES string of the molecule is C[C@@H](c1ccccn1)N(C)Cc1cnc2c(-c3ccccc3)cnn2c1. The van der Waals surface area contributed by atoms with Gasteiger partial charge in [-0.25, -0.2) is 9.50 Å². The highest BCUT2D eigenvalue weighted by atomic mass is 15.2. The summed E-state index contributed by atoms with van der Waals surface area (Å²) < 4.78 is 1.86. The van der Waals surface area contributed by atoms with Gasteiger partial charge in [-0.05, 0) is 31.7 Å². The van der Waals surface area contributed by atoms with E-state index < -0.39 is 0 Å². The minimum absolute atomic E-state index is 0.226. The third-order valence-electron chi connectivity index (χ3n) is 4.70. The Labute approximate surface area is 153 Å². The monoisotopic (exact) mass is 343 g/mol. The van der Waals surface area contributed by atoms with E-state index in [1.165, 1.54) is 0 Å². The van der Waals surface area contributed by atoms with E-state index >= 15 is 0 Å². The molecule has 0 aliphatic carbocycles. The Balaban J connectivity index is 1.57. The van der Waals surface area contributed by atoms with Crippen LogP contribution in [-0.4, -0.2) is 31.5 Å². The van der Waals surface area contributed by atoms with Crippen molar-refractivity contribution < 1.29 is 0 Å². The van der Waals surface area contributed by atoms with E-state index in [1.54, 1.807) is 0 Å². The number of benzene rings is 1. The highest BCUT2D eigenvalue weighted by molar-refractivity contribution is 5.76. The molecule has 1 aromatic carbocycles. The molecule has 0 aliphatic rings. The molecule has 0 amide bonds. The highest BCUT2D eigenvalue weighted by Gasteiger charge is 2.14. The molecule has 0 radical (unpaired) electrons. The molecule has 5 nitrogen and oxygen atoms in total. The topological polar surface area (TPSA) is 46.3 Å². The molecule has 26 heavy (non-hydrogen) atoms. The first kappa shape index (κ1) is 16.4. The van der Waals surface area contributed by atoms with Gasteiger partial charge in [0.1, 0.15) is 0 Å². The van der Waals surface area contributed by atoms with Crippen LogP contribution in [0.3, 0.4) is 0 Å². The summed E-state index contributed by atoms with van der Waals surface area (Å²) >= 11 is 0. The zero-order valence-electron chi connectivity index (χ0n) is 14.9.